The van der Waals surface area contributed by atoms with Crippen molar-refractivity contribution in [3.8, 4) is 0 Å². The van der Waals surface area contributed by atoms with Crippen LogP contribution in [0, 0.1) is 0 Å². The normalized spacial score (nSPS) is 13.6. The zero-order chi connectivity index (χ0) is 18.1. The summed E-state index contributed by atoms with van der Waals surface area (Å²) < 4.78 is 29.8. The Morgan fingerprint density at radius 2 is 1.85 bits per heavy atom. The van der Waals surface area contributed by atoms with E-state index in [1.165, 1.54) is 17.3 Å². The maximum absolute atomic E-state index is 12.6. The molecule has 0 atom stereocenters. The minimum Gasteiger partial charge on any atom is -0.311 e. The maximum Gasteiger partial charge on any atom is 0.261 e. The summed E-state index contributed by atoms with van der Waals surface area (Å²) in [6.07, 6.45) is 4.72. The lowest BCUT2D eigenvalue weighted by molar-refractivity contribution is 0.601. The molecule has 0 fully saturated rings. The monoisotopic (exact) mass is 386 g/mol. The molecule has 6 nitrogen and oxygen atoms in total. The number of sulfonamides is 1. The van der Waals surface area contributed by atoms with Crippen molar-refractivity contribution in [2.75, 3.05) is 4.72 Å². The maximum atomic E-state index is 12.6. The summed E-state index contributed by atoms with van der Waals surface area (Å²) in [7, 11) is -1.71. The van der Waals surface area contributed by atoms with E-state index < -0.39 is 10.0 Å². The van der Waals surface area contributed by atoms with Crippen molar-refractivity contribution in [3.63, 3.8) is 0 Å². The van der Waals surface area contributed by atoms with Gasteiger partial charge in [0.05, 0.1) is 4.90 Å². The van der Waals surface area contributed by atoms with E-state index in [-0.39, 0.29) is 0 Å². The Bertz CT molecular complexity index is 1040. The molecule has 0 amide bonds. The molecule has 1 heterocycles. The second kappa shape index (κ2) is 6.77. The lowest BCUT2D eigenvalue weighted by atomic mass is 10.1. The fourth-order valence-corrected chi connectivity index (χ4v) is 4.86. The molecule has 0 saturated heterocycles. The highest BCUT2D eigenvalue weighted by Gasteiger charge is 2.18. The van der Waals surface area contributed by atoms with Crippen LogP contribution in [0.2, 0.25) is 0 Å². The number of fused-ring (bicyclic) bond motifs is 1. The first-order valence-electron chi connectivity index (χ1n) is 8.28. The summed E-state index contributed by atoms with van der Waals surface area (Å²) >= 11 is 1.47. The number of nitrogens with zero attached hydrogens (tertiary/aromatic N) is 3. The van der Waals surface area contributed by atoms with E-state index in [0.717, 1.165) is 34.9 Å². The van der Waals surface area contributed by atoms with Crippen LogP contribution in [-0.2, 0) is 29.9 Å². The summed E-state index contributed by atoms with van der Waals surface area (Å²) in [4.78, 5) is 1.28. The molecule has 1 N–H and O–H groups in total. The van der Waals surface area contributed by atoms with Crippen LogP contribution in [0.1, 0.15) is 17.5 Å². The number of benzene rings is 2. The summed E-state index contributed by atoms with van der Waals surface area (Å²) in [5.74, 6) is 0. The first kappa shape index (κ1) is 17.1. The van der Waals surface area contributed by atoms with Crippen LogP contribution < -0.4 is 4.72 Å². The van der Waals surface area contributed by atoms with Crippen LogP contribution in [0.25, 0.3) is 0 Å². The van der Waals surface area contributed by atoms with Gasteiger partial charge in [-0.15, -0.1) is 10.2 Å². The molecule has 0 bridgehead atoms. The molecule has 134 valence electrons. The number of aromatic nitrogens is 3. The Hall–Kier alpha value is -2.32. The largest absolute Gasteiger partial charge is 0.311 e. The summed E-state index contributed by atoms with van der Waals surface area (Å²) in [6.45, 7) is 0. The van der Waals surface area contributed by atoms with Crippen molar-refractivity contribution in [1.82, 2.24) is 14.8 Å². The highest BCUT2D eigenvalue weighted by Crippen LogP contribution is 2.28. The Morgan fingerprint density at radius 1 is 1.08 bits per heavy atom. The predicted octanol–water partition coefficient (Wildman–Crippen LogP) is 3.26. The van der Waals surface area contributed by atoms with Crippen molar-refractivity contribution < 1.29 is 8.42 Å². The zero-order valence-electron chi connectivity index (χ0n) is 14.2. The minimum absolute atomic E-state index is 0.315. The van der Waals surface area contributed by atoms with E-state index in [0.29, 0.717) is 10.6 Å². The van der Waals surface area contributed by atoms with Crippen LogP contribution in [0.5, 0.6) is 0 Å². The molecule has 0 aliphatic heterocycles. The molecule has 4 rings (SSSR count). The lowest BCUT2D eigenvalue weighted by Crippen LogP contribution is -2.13. The average molecular weight is 387 g/mol. The van der Waals surface area contributed by atoms with E-state index in [4.69, 9.17) is 0 Å². The SMILES string of the molecule is Cn1cnnc1Sc1ccc(NS(=O)(=O)c2ccc3c(c2)CCC3)cc1. The number of anilines is 1. The number of aryl methyl sites for hydroxylation is 3. The second-order valence-corrected chi connectivity index (χ2v) is 8.96. The van der Waals surface area contributed by atoms with Gasteiger partial charge in [0.25, 0.3) is 10.0 Å². The number of hydrogen-bond donors (Lipinski definition) is 1. The van der Waals surface area contributed by atoms with Gasteiger partial charge < -0.3 is 4.57 Å². The van der Waals surface area contributed by atoms with E-state index in [2.05, 4.69) is 14.9 Å². The molecular formula is C18H18N4O2S2. The van der Waals surface area contributed by atoms with E-state index in [1.54, 1.807) is 30.6 Å². The van der Waals surface area contributed by atoms with Gasteiger partial charge in [0, 0.05) is 17.6 Å². The van der Waals surface area contributed by atoms with Crippen molar-refractivity contribution in [2.24, 2.45) is 7.05 Å². The smallest absolute Gasteiger partial charge is 0.261 e. The van der Waals surface area contributed by atoms with Crippen LogP contribution >= 0.6 is 11.8 Å². The van der Waals surface area contributed by atoms with Crippen molar-refractivity contribution in [3.05, 3.63) is 59.9 Å². The first-order valence-corrected chi connectivity index (χ1v) is 10.6. The topological polar surface area (TPSA) is 76.9 Å². The molecule has 26 heavy (non-hydrogen) atoms. The third-order valence-electron chi connectivity index (χ3n) is 4.37. The molecule has 1 aliphatic rings. The Balaban J connectivity index is 1.50. The molecule has 1 aliphatic carbocycles. The minimum atomic E-state index is -3.59. The molecular weight excluding hydrogens is 368 g/mol. The zero-order valence-corrected chi connectivity index (χ0v) is 15.8. The average Bonchev–Trinajstić information content (AvgIpc) is 3.25. The highest BCUT2D eigenvalue weighted by molar-refractivity contribution is 7.99. The summed E-state index contributed by atoms with van der Waals surface area (Å²) in [6, 6.07) is 12.6. The van der Waals surface area contributed by atoms with Gasteiger partial charge in [-0.2, -0.15) is 0 Å². The predicted molar refractivity (Wildman–Crippen MR) is 101 cm³/mol. The van der Waals surface area contributed by atoms with Gasteiger partial charge in [0.15, 0.2) is 5.16 Å². The fourth-order valence-electron chi connectivity index (χ4n) is 2.99. The molecule has 8 heteroatoms. The van der Waals surface area contributed by atoms with E-state index >= 15 is 0 Å². The summed E-state index contributed by atoms with van der Waals surface area (Å²) in [5.41, 5.74) is 2.94. The second-order valence-electron chi connectivity index (χ2n) is 6.24. The van der Waals surface area contributed by atoms with Gasteiger partial charge >= 0.3 is 0 Å². The molecule has 2 aromatic carbocycles. The molecule has 0 saturated carbocycles. The number of rotatable bonds is 5. The standard InChI is InChI=1S/C18H18N4O2S2/c1-22-12-19-20-18(22)25-16-8-6-15(7-9-16)21-26(23,24)17-10-5-13-3-2-4-14(13)11-17/h5-12,21H,2-4H2,1H3. The third kappa shape index (κ3) is 3.47. The Kier molecular flexibility index (Phi) is 4.46. The van der Waals surface area contributed by atoms with E-state index in [9.17, 15) is 8.42 Å². The fraction of sp³-hybridized carbons (Fsp3) is 0.222. The molecule has 0 spiro atoms. The van der Waals surface area contributed by atoms with E-state index in [1.807, 2.05) is 29.8 Å². The number of nitrogens with one attached hydrogen (secondary N) is 1. The highest BCUT2D eigenvalue weighted by atomic mass is 32.2. The van der Waals surface area contributed by atoms with Crippen LogP contribution in [-0.4, -0.2) is 23.2 Å². The van der Waals surface area contributed by atoms with Gasteiger partial charge in [-0.3, -0.25) is 4.72 Å². The van der Waals surface area contributed by atoms with Crippen molar-refractivity contribution in [1.29, 1.82) is 0 Å². The van der Waals surface area contributed by atoms with Crippen molar-refractivity contribution >= 4 is 27.5 Å². The molecule has 0 unspecified atom stereocenters. The van der Waals surface area contributed by atoms with Gasteiger partial charge in [-0.25, -0.2) is 8.42 Å². The van der Waals surface area contributed by atoms with Gasteiger partial charge in [-0.1, -0.05) is 6.07 Å². The Labute approximate surface area is 156 Å². The first-order chi connectivity index (χ1) is 12.5. The van der Waals surface area contributed by atoms with Gasteiger partial charge in [0.1, 0.15) is 6.33 Å². The van der Waals surface area contributed by atoms with Crippen LogP contribution in [0.15, 0.2) is 63.7 Å². The summed E-state index contributed by atoms with van der Waals surface area (Å²) in [5, 5.41) is 8.64. The van der Waals surface area contributed by atoms with Gasteiger partial charge in [0.2, 0.25) is 0 Å². The molecule has 1 aromatic heterocycles. The molecule has 0 radical (unpaired) electrons. The van der Waals surface area contributed by atoms with Crippen LogP contribution in [0.4, 0.5) is 5.69 Å². The lowest BCUT2D eigenvalue weighted by Gasteiger charge is -2.10. The Morgan fingerprint density at radius 3 is 2.58 bits per heavy atom. The number of hydrogen-bond acceptors (Lipinski definition) is 5. The quantitative estimate of drug-likeness (QED) is 0.728. The van der Waals surface area contributed by atoms with Crippen molar-refractivity contribution in [2.45, 2.75) is 34.2 Å². The third-order valence-corrected chi connectivity index (χ3v) is 6.80. The van der Waals surface area contributed by atoms with Crippen LogP contribution in [0.3, 0.4) is 0 Å². The molecule has 3 aromatic rings. The van der Waals surface area contributed by atoms with Gasteiger partial charge in [-0.05, 0) is 78.5 Å².